The maximum Gasteiger partial charge on any atom is 0.354 e. The van der Waals surface area contributed by atoms with Crippen molar-refractivity contribution in [3.05, 3.63) is 111 Å². The fourth-order valence-corrected chi connectivity index (χ4v) is 5.11. The summed E-state index contributed by atoms with van der Waals surface area (Å²) in [7, 11) is 0. The number of benzene rings is 4. The monoisotopic (exact) mass is 566 g/mol. The number of anilines is 1. The van der Waals surface area contributed by atoms with Gasteiger partial charge in [0.1, 0.15) is 22.8 Å². The molecule has 1 aliphatic heterocycles. The van der Waals surface area contributed by atoms with Crippen molar-refractivity contribution in [2.45, 2.75) is 6.54 Å². The molecule has 0 unspecified atom stereocenters. The van der Waals surface area contributed by atoms with Gasteiger partial charge in [0, 0.05) is 34.5 Å². The summed E-state index contributed by atoms with van der Waals surface area (Å²) in [6, 6.07) is 20.6. The third kappa shape index (κ3) is 4.48. The topological polar surface area (TPSA) is 150 Å². The van der Waals surface area contributed by atoms with Crippen molar-refractivity contribution >= 4 is 51.1 Å². The number of halogens is 1. The summed E-state index contributed by atoms with van der Waals surface area (Å²) in [5, 5.41) is 34.6. The standard InChI is InChI=1S/C31H19ClN2O7/c32-21-12-19-26(13-25(21)36)41-29-18(27(19)16-5-1-2-6-17(16)30(37)38)9-11-24(35)20(29)14-33-22-7-3-4-15-8-10-23(31(39)40)34-28(15)22/h1-13,33,35H,14H2,(H,37,38)(H,39,40). The largest absolute Gasteiger partial charge is 0.507 e. The number of aromatic carboxylic acids is 2. The number of para-hydroxylation sites is 1. The Kier molecular flexibility index (Phi) is 6.28. The first-order valence-electron chi connectivity index (χ1n) is 12.3. The third-order valence-corrected chi connectivity index (χ3v) is 7.14. The average Bonchev–Trinajstić information content (AvgIpc) is 2.96. The Balaban J connectivity index is 1.58. The number of hydrogen-bond donors (Lipinski definition) is 4. The molecule has 0 saturated heterocycles. The van der Waals surface area contributed by atoms with E-state index < -0.39 is 17.4 Å². The summed E-state index contributed by atoms with van der Waals surface area (Å²) >= 11 is 6.19. The van der Waals surface area contributed by atoms with E-state index in [4.69, 9.17) is 16.0 Å². The number of phenolic OH excluding ortho intramolecular Hbond substituents is 1. The van der Waals surface area contributed by atoms with Gasteiger partial charge in [-0.2, -0.15) is 0 Å². The molecule has 2 heterocycles. The molecule has 3 aromatic carbocycles. The van der Waals surface area contributed by atoms with E-state index in [2.05, 4.69) is 10.3 Å². The highest BCUT2D eigenvalue weighted by molar-refractivity contribution is 6.31. The molecule has 9 nitrogen and oxygen atoms in total. The van der Waals surface area contributed by atoms with E-state index in [0.717, 1.165) is 0 Å². The van der Waals surface area contributed by atoms with Crippen LogP contribution >= 0.6 is 11.6 Å². The van der Waals surface area contributed by atoms with Crippen LogP contribution in [-0.4, -0.2) is 32.2 Å². The Hall–Kier alpha value is -5.41. The summed E-state index contributed by atoms with van der Waals surface area (Å²) in [4.78, 5) is 40.4. The van der Waals surface area contributed by atoms with Crippen LogP contribution in [0.15, 0.2) is 88.1 Å². The number of phenols is 1. The van der Waals surface area contributed by atoms with Crippen molar-refractivity contribution in [1.29, 1.82) is 0 Å². The van der Waals surface area contributed by atoms with Crippen LogP contribution in [0.3, 0.4) is 0 Å². The van der Waals surface area contributed by atoms with Gasteiger partial charge in [0.2, 0.25) is 5.43 Å². The molecule has 1 aliphatic carbocycles. The van der Waals surface area contributed by atoms with Crippen molar-refractivity contribution in [3.63, 3.8) is 0 Å². The molecule has 0 radical (unpaired) electrons. The van der Waals surface area contributed by atoms with Gasteiger partial charge in [-0.05, 0) is 42.0 Å². The highest BCUT2D eigenvalue weighted by Crippen LogP contribution is 2.44. The predicted octanol–water partition coefficient (Wildman–Crippen LogP) is 6.48. The van der Waals surface area contributed by atoms with Crippen molar-refractivity contribution in [2.75, 3.05) is 5.32 Å². The second-order valence-corrected chi connectivity index (χ2v) is 9.69. The van der Waals surface area contributed by atoms with Crippen LogP contribution in [0.25, 0.3) is 44.3 Å². The number of hydrogen-bond acceptors (Lipinski definition) is 7. The van der Waals surface area contributed by atoms with Crippen LogP contribution in [0.4, 0.5) is 5.69 Å². The van der Waals surface area contributed by atoms with Crippen molar-refractivity contribution in [1.82, 2.24) is 4.98 Å². The molecule has 0 spiro atoms. The van der Waals surface area contributed by atoms with E-state index in [1.54, 1.807) is 48.5 Å². The number of carboxylic acid groups (broad SMARTS) is 2. The minimum Gasteiger partial charge on any atom is -0.507 e. The molecule has 0 amide bonds. The smallest absolute Gasteiger partial charge is 0.354 e. The molecule has 0 atom stereocenters. The molecule has 10 heteroatoms. The fourth-order valence-electron chi connectivity index (χ4n) is 4.94. The molecule has 0 fully saturated rings. The molecule has 2 aliphatic rings. The van der Waals surface area contributed by atoms with Crippen LogP contribution < -0.4 is 10.7 Å². The zero-order chi connectivity index (χ0) is 28.8. The van der Waals surface area contributed by atoms with E-state index >= 15 is 0 Å². The van der Waals surface area contributed by atoms with Gasteiger partial charge in [-0.25, -0.2) is 14.6 Å². The maximum absolute atomic E-state index is 12.5. The number of aromatic nitrogens is 1. The van der Waals surface area contributed by atoms with Gasteiger partial charge in [0.25, 0.3) is 0 Å². The molecular weight excluding hydrogens is 548 g/mol. The number of pyridine rings is 1. The number of nitrogens with one attached hydrogen (secondary N) is 1. The molecule has 202 valence electrons. The quantitative estimate of drug-likeness (QED) is 0.166. The van der Waals surface area contributed by atoms with Crippen LogP contribution in [0.1, 0.15) is 26.4 Å². The summed E-state index contributed by atoms with van der Waals surface area (Å²) in [5.41, 5.74) is 2.22. The number of carbonyl (C=O) groups is 2. The van der Waals surface area contributed by atoms with Crippen LogP contribution in [-0.2, 0) is 6.54 Å². The molecule has 4 N–H and O–H groups in total. The van der Waals surface area contributed by atoms with Gasteiger partial charge in [0.15, 0.2) is 0 Å². The zero-order valence-electron chi connectivity index (χ0n) is 21.0. The number of fused-ring (bicyclic) bond motifs is 3. The Morgan fingerprint density at radius 1 is 0.902 bits per heavy atom. The molecule has 0 bridgehead atoms. The van der Waals surface area contributed by atoms with E-state index in [9.17, 15) is 29.7 Å². The normalized spacial score (nSPS) is 11.2. The number of rotatable bonds is 6. The first-order chi connectivity index (χ1) is 19.7. The number of aromatic hydroxyl groups is 1. The molecule has 4 aromatic rings. The summed E-state index contributed by atoms with van der Waals surface area (Å²) in [6.45, 7) is 0.0219. The van der Waals surface area contributed by atoms with Gasteiger partial charge in [0.05, 0.1) is 27.4 Å². The lowest BCUT2D eigenvalue weighted by Crippen LogP contribution is -2.07. The predicted molar refractivity (Wildman–Crippen MR) is 154 cm³/mol. The number of nitrogens with zero attached hydrogens (tertiary/aromatic N) is 1. The van der Waals surface area contributed by atoms with Crippen molar-refractivity contribution < 1.29 is 29.3 Å². The minimum absolute atomic E-state index is 0.0219. The van der Waals surface area contributed by atoms with Gasteiger partial charge in [-0.1, -0.05) is 48.0 Å². The van der Waals surface area contributed by atoms with Crippen LogP contribution in [0.5, 0.6) is 5.75 Å². The van der Waals surface area contributed by atoms with Gasteiger partial charge in [-0.15, -0.1) is 0 Å². The lowest BCUT2D eigenvalue weighted by Gasteiger charge is -2.19. The fraction of sp³-hybridized carbons (Fsp3) is 0.0323. The lowest BCUT2D eigenvalue weighted by atomic mass is 9.90. The molecule has 6 rings (SSSR count). The summed E-state index contributed by atoms with van der Waals surface area (Å²) in [5.74, 6) is -2.25. The maximum atomic E-state index is 12.5. The highest BCUT2D eigenvalue weighted by Gasteiger charge is 2.24. The number of carboxylic acids is 2. The first kappa shape index (κ1) is 25.8. The minimum atomic E-state index is -1.16. The summed E-state index contributed by atoms with van der Waals surface area (Å²) < 4.78 is 6.18. The highest BCUT2D eigenvalue weighted by atomic mass is 35.5. The zero-order valence-corrected chi connectivity index (χ0v) is 21.8. The lowest BCUT2D eigenvalue weighted by molar-refractivity contribution is 0.0683. The first-order valence-corrected chi connectivity index (χ1v) is 12.7. The Labute approximate surface area is 236 Å². The Bertz CT molecular complexity index is 2070. The van der Waals surface area contributed by atoms with Crippen LogP contribution in [0.2, 0.25) is 5.02 Å². The Morgan fingerprint density at radius 2 is 1.71 bits per heavy atom. The van der Waals surface area contributed by atoms with Crippen molar-refractivity contribution in [2.24, 2.45) is 0 Å². The van der Waals surface area contributed by atoms with E-state index in [0.29, 0.717) is 44.2 Å². The van der Waals surface area contributed by atoms with Crippen LogP contribution in [0, 0.1) is 0 Å². The third-order valence-electron chi connectivity index (χ3n) is 6.84. The Morgan fingerprint density at radius 3 is 2.49 bits per heavy atom. The van der Waals surface area contributed by atoms with Gasteiger partial charge >= 0.3 is 11.9 Å². The molecule has 1 aromatic heterocycles. The SMILES string of the molecule is O=C(O)c1ccc2cccc(NCc3c(O)ccc4c(-c5ccccc5C(=O)O)c5cc(Cl)c(=O)cc-5oc34)c2n1. The van der Waals surface area contributed by atoms with E-state index in [1.807, 2.05) is 0 Å². The molecular formula is C31H19ClN2O7. The summed E-state index contributed by atoms with van der Waals surface area (Å²) in [6.07, 6.45) is 0. The second kappa shape index (κ2) is 9.96. The average molecular weight is 567 g/mol. The van der Waals surface area contributed by atoms with E-state index in [1.165, 1.54) is 30.3 Å². The van der Waals surface area contributed by atoms with Gasteiger partial charge < -0.3 is 25.1 Å². The molecule has 41 heavy (non-hydrogen) atoms. The second-order valence-electron chi connectivity index (χ2n) is 9.28. The van der Waals surface area contributed by atoms with E-state index in [-0.39, 0.29) is 39.9 Å². The van der Waals surface area contributed by atoms with Crippen molar-refractivity contribution in [3.8, 4) is 28.2 Å². The van der Waals surface area contributed by atoms with Gasteiger partial charge in [-0.3, -0.25) is 4.79 Å². The molecule has 0 saturated carbocycles.